The van der Waals surface area contributed by atoms with Crippen molar-refractivity contribution < 1.29 is 39.9 Å². The van der Waals surface area contributed by atoms with E-state index in [1.54, 1.807) is 0 Å². The summed E-state index contributed by atoms with van der Waals surface area (Å²) in [4.78, 5) is 30.9. The number of rotatable bonds is 6. The highest BCUT2D eigenvalue weighted by molar-refractivity contribution is 5.84. The second-order valence-corrected chi connectivity index (χ2v) is 2.97. The summed E-state index contributed by atoms with van der Waals surface area (Å²) in [6.07, 6.45) is -4.41. The largest absolute Gasteiger partial charge is 0.481 e. The minimum absolute atomic E-state index is 1.09. The second-order valence-electron chi connectivity index (χ2n) is 2.97. The highest BCUT2D eigenvalue weighted by atomic mass is 16.4. The van der Waals surface area contributed by atoms with Gasteiger partial charge >= 0.3 is 17.9 Å². The third-order valence-electron chi connectivity index (χ3n) is 1.66. The zero-order valence-corrected chi connectivity index (χ0v) is 7.45. The van der Waals surface area contributed by atoms with Crippen LogP contribution in [0.4, 0.5) is 0 Å². The van der Waals surface area contributed by atoms with Gasteiger partial charge in [0.05, 0.1) is 6.42 Å². The number of aliphatic hydroxyl groups excluding tert-OH is 1. The van der Waals surface area contributed by atoms with Crippen molar-refractivity contribution in [1.29, 1.82) is 0 Å². The van der Waals surface area contributed by atoms with E-state index in [1.807, 2.05) is 0 Å². The molecule has 0 aromatic rings. The fourth-order valence-electron chi connectivity index (χ4n) is 0.892. The van der Waals surface area contributed by atoms with Gasteiger partial charge in [0.1, 0.15) is 0 Å². The number of hydrogen-bond donors (Lipinski definition) is 5. The molecule has 0 aliphatic heterocycles. The average molecular weight is 222 g/mol. The number of carbonyl (C=O) groups is 3. The molecule has 15 heavy (non-hydrogen) atoms. The predicted molar refractivity (Wildman–Crippen MR) is 43.1 cm³/mol. The molecule has 0 spiro atoms. The number of aliphatic carboxylic acids is 3. The van der Waals surface area contributed by atoms with Gasteiger partial charge in [-0.1, -0.05) is 0 Å². The fraction of sp³-hybridized carbons (Fsp3) is 0.571. The van der Waals surface area contributed by atoms with Gasteiger partial charge in [-0.3, -0.25) is 4.79 Å². The molecule has 0 aliphatic carbocycles. The van der Waals surface area contributed by atoms with Crippen LogP contribution in [0.3, 0.4) is 0 Å². The Labute approximate surface area is 83.4 Å². The minimum Gasteiger partial charge on any atom is -0.481 e. The number of hydrogen-bond acceptors (Lipinski definition) is 5. The van der Waals surface area contributed by atoms with E-state index in [9.17, 15) is 19.5 Å². The van der Waals surface area contributed by atoms with Crippen LogP contribution in [0.25, 0.3) is 0 Å². The molecule has 2 atom stereocenters. The Morgan fingerprint density at radius 3 is 1.87 bits per heavy atom. The molecule has 8 heteroatoms. The first-order valence-electron chi connectivity index (χ1n) is 3.77. The van der Waals surface area contributed by atoms with Crippen molar-refractivity contribution in [3.05, 3.63) is 0 Å². The average Bonchev–Trinajstić information content (AvgIpc) is 2.01. The molecular formula is C7H10O8. The van der Waals surface area contributed by atoms with Gasteiger partial charge in [0.15, 0.2) is 11.7 Å². The summed E-state index contributed by atoms with van der Waals surface area (Å²) in [6, 6.07) is 0. The van der Waals surface area contributed by atoms with Crippen molar-refractivity contribution in [2.75, 3.05) is 0 Å². The fourth-order valence-corrected chi connectivity index (χ4v) is 0.892. The van der Waals surface area contributed by atoms with Crippen LogP contribution in [0.1, 0.15) is 12.8 Å². The van der Waals surface area contributed by atoms with Gasteiger partial charge in [-0.2, -0.15) is 0 Å². The van der Waals surface area contributed by atoms with E-state index in [-0.39, 0.29) is 0 Å². The summed E-state index contributed by atoms with van der Waals surface area (Å²) in [5.74, 6) is -5.25. The first kappa shape index (κ1) is 13.3. The highest BCUT2D eigenvalue weighted by Crippen LogP contribution is 2.18. The highest BCUT2D eigenvalue weighted by Gasteiger charge is 2.42. The molecule has 5 N–H and O–H groups in total. The molecule has 0 aromatic heterocycles. The van der Waals surface area contributed by atoms with E-state index in [2.05, 4.69) is 0 Å². The van der Waals surface area contributed by atoms with Crippen molar-refractivity contribution in [1.82, 2.24) is 0 Å². The van der Waals surface area contributed by atoms with Gasteiger partial charge in [0, 0.05) is 6.42 Å². The molecule has 0 saturated carbocycles. The van der Waals surface area contributed by atoms with E-state index in [0.29, 0.717) is 0 Å². The van der Waals surface area contributed by atoms with Crippen LogP contribution in [-0.2, 0) is 14.4 Å². The summed E-state index contributed by atoms with van der Waals surface area (Å²) in [7, 11) is 0. The molecule has 0 fully saturated rings. The molecule has 0 saturated heterocycles. The lowest BCUT2D eigenvalue weighted by molar-refractivity contribution is -0.171. The topological polar surface area (TPSA) is 152 Å². The Bertz CT molecular complexity index is 285. The summed E-state index contributed by atoms with van der Waals surface area (Å²) in [5.41, 5.74) is -2.79. The molecule has 2 unspecified atom stereocenters. The monoisotopic (exact) mass is 222 g/mol. The lowest BCUT2D eigenvalue weighted by Crippen LogP contribution is -2.45. The Morgan fingerprint density at radius 2 is 1.60 bits per heavy atom. The lowest BCUT2D eigenvalue weighted by Gasteiger charge is -2.22. The molecular weight excluding hydrogens is 212 g/mol. The van der Waals surface area contributed by atoms with Gasteiger partial charge in [-0.15, -0.1) is 0 Å². The molecule has 0 heterocycles. The number of carboxylic acids is 3. The quantitative estimate of drug-likeness (QED) is 0.349. The van der Waals surface area contributed by atoms with Crippen molar-refractivity contribution >= 4 is 17.9 Å². The smallest absolute Gasteiger partial charge is 0.336 e. The summed E-state index contributed by atoms with van der Waals surface area (Å²) in [5, 5.41) is 43.1. The van der Waals surface area contributed by atoms with Gasteiger partial charge in [-0.05, 0) is 0 Å². The zero-order chi connectivity index (χ0) is 12.2. The van der Waals surface area contributed by atoms with E-state index in [4.69, 9.17) is 20.4 Å². The molecule has 86 valence electrons. The van der Waals surface area contributed by atoms with Crippen LogP contribution >= 0.6 is 0 Å². The van der Waals surface area contributed by atoms with Crippen molar-refractivity contribution in [2.24, 2.45) is 0 Å². The van der Waals surface area contributed by atoms with E-state index < -0.39 is 42.5 Å². The molecule has 0 rings (SSSR count). The predicted octanol–water partition coefficient (Wildman–Crippen LogP) is -1.89. The van der Waals surface area contributed by atoms with Crippen LogP contribution in [0.5, 0.6) is 0 Å². The van der Waals surface area contributed by atoms with E-state index >= 15 is 0 Å². The van der Waals surface area contributed by atoms with Crippen LogP contribution in [0.15, 0.2) is 0 Å². The van der Waals surface area contributed by atoms with Crippen molar-refractivity contribution in [3.63, 3.8) is 0 Å². The SMILES string of the molecule is O=C(O)CC(O)(CC(O)C(=O)O)C(=O)O. The first-order valence-corrected chi connectivity index (χ1v) is 3.77. The van der Waals surface area contributed by atoms with Gasteiger partial charge in [0.25, 0.3) is 0 Å². The molecule has 0 amide bonds. The normalized spacial score (nSPS) is 16.4. The van der Waals surface area contributed by atoms with Gasteiger partial charge < -0.3 is 25.5 Å². The van der Waals surface area contributed by atoms with Crippen molar-refractivity contribution in [3.8, 4) is 0 Å². The lowest BCUT2D eigenvalue weighted by atomic mass is 9.92. The van der Waals surface area contributed by atoms with E-state index in [1.165, 1.54) is 0 Å². The standard InChI is InChI=1S/C7H10O8/c8-3(5(11)12)1-7(15,6(13)14)2-4(9)10/h3,8,15H,1-2H2,(H,9,10)(H,11,12)(H,13,14). The minimum atomic E-state index is -2.79. The number of aliphatic hydroxyl groups is 2. The Hall–Kier alpha value is -1.67. The Kier molecular flexibility index (Phi) is 4.19. The van der Waals surface area contributed by atoms with Crippen molar-refractivity contribution in [2.45, 2.75) is 24.5 Å². The zero-order valence-electron chi connectivity index (χ0n) is 7.45. The molecule has 0 bridgehead atoms. The van der Waals surface area contributed by atoms with Crippen LogP contribution < -0.4 is 0 Å². The molecule has 0 aliphatic rings. The second kappa shape index (κ2) is 4.71. The van der Waals surface area contributed by atoms with Crippen LogP contribution in [0, 0.1) is 0 Å². The third kappa shape index (κ3) is 3.92. The Morgan fingerprint density at radius 1 is 1.13 bits per heavy atom. The third-order valence-corrected chi connectivity index (χ3v) is 1.66. The first-order chi connectivity index (χ1) is 6.69. The summed E-state index contributed by atoms with van der Waals surface area (Å²) < 4.78 is 0. The Balaban J connectivity index is 4.73. The van der Waals surface area contributed by atoms with Gasteiger partial charge in [0.2, 0.25) is 0 Å². The number of carboxylic acid groups (broad SMARTS) is 3. The molecule has 0 aromatic carbocycles. The maximum atomic E-state index is 10.5. The summed E-state index contributed by atoms with van der Waals surface area (Å²) in [6.45, 7) is 0. The van der Waals surface area contributed by atoms with E-state index in [0.717, 1.165) is 0 Å². The maximum absolute atomic E-state index is 10.5. The molecule has 8 nitrogen and oxygen atoms in total. The molecule has 0 radical (unpaired) electrons. The summed E-state index contributed by atoms with van der Waals surface area (Å²) >= 11 is 0. The maximum Gasteiger partial charge on any atom is 0.336 e. The van der Waals surface area contributed by atoms with Gasteiger partial charge in [-0.25, -0.2) is 9.59 Å². The van der Waals surface area contributed by atoms with Crippen LogP contribution in [0.2, 0.25) is 0 Å². The van der Waals surface area contributed by atoms with Crippen LogP contribution in [-0.4, -0.2) is 55.1 Å².